The predicted molar refractivity (Wildman–Crippen MR) is 133 cm³/mol. The molecule has 0 aliphatic carbocycles. The van der Waals surface area contributed by atoms with Crippen LogP contribution in [0.25, 0.3) is 21.9 Å². The van der Waals surface area contributed by atoms with Gasteiger partial charge in [-0.2, -0.15) is 0 Å². The molecule has 0 unspecified atom stereocenters. The van der Waals surface area contributed by atoms with E-state index in [9.17, 15) is 4.79 Å². The number of aromatic nitrogens is 3. The fourth-order valence-electron chi connectivity index (χ4n) is 4.53. The van der Waals surface area contributed by atoms with Crippen LogP contribution in [-0.2, 0) is 16.5 Å². The van der Waals surface area contributed by atoms with Gasteiger partial charge >= 0.3 is 0 Å². The van der Waals surface area contributed by atoms with Gasteiger partial charge in [0.25, 0.3) is 11.4 Å². The Balaban J connectivity index is 1.58. The highest BCUT2D eigenvalue weighted by atomic mass is 16.7. The van der Waals surface area contributed by atoms with E-state index < -0.39 is 0 Å². The maximum Gasteiger partial charge on any atom is 0.266 e. The second-order valence-corrected chi connectivity index (χ2v) is 8.71. The molecular weight excluding hydrogens is 450 g/mol. The number of hydrogen-bond donors (Lipinski definition) is 1. The van der Waals surface area contributed by atoms with Gasteiger partial charge in [0, 0.05) is 32.8 Å². The van der Waals surface area contributed by atoms with Gasteiger partial charge in [-0.15, -0.1) is 0 Å². The molecule has 1 fully saturated rings. The number of rotatable bonds is 7. The second kappa shape index (κ2) is 9.55. The Hall–Kier alpha value is -3.63. The van der Waals surface area contributed by atoms with E-state index >= 15 is 0 Å². The Morgan fingerprint density at radius 1 is 1.23 bits per heavy atom. The first kappa shape index (κ1) is 23.1. The molecule has 0 spiro atoms. The van der Waals surface area contributed by atoms with Crippen molar-refractivity contribution in [2.24, 2.45) is 7.05 Å². The lowest BCUT2D eigenvalue weighted by atomic mass is 10.0. The van der Waals surface area contributed by atoms with Crippen LogP contribution in [-0.4, -0.2) is 54.9 Å². The minimum Gasteiger partial charge on any atom is -0.448 e. The summed E-state index contributed by atoms with van der Waals surface area (Å²) in [4.78, 5) is 20.5. The monoisotopic (exact) mass is 479 g/mol. The van der Waals surface area contributed by atoms with Crippen LogP contribution in [0, 0.1) is 6.92 Å². The fraction of sp³-hybridized carbons (Fsp3) is 0.400. The van der Waals surface area contributed by atoms with Gasteiger partial charge in [0.1, 0.15) is 5.39 Å². The number of benzene rings is 2. The third kappa shape index (κ3) is 4.30. The molecule has 4 aromatic rings. The summed E-state index contributed by atoms with van der Waals surface area (Å²) in [5, 5.41) is 8.91. The molecule has 1 aliphatic rings. The van der Waals surface area contributed by atoms with E-state index in [-0.39, 0.29) is 18.4 Å². The van der Waals surface area contributed by atoms with Crippen molar-refractivity contribution in [1.82, 2.24) is 14.7 Å². The Labute approximate surface area is 202 Å². The number of anilines is 2. The minimum absolute atomic E-state index is 0.0611. The lowest BCUT2D eigenvalue weighted by Crippen LogP contribution is -2.40. The van der Waals surface area contributed by atoms with Gasteiger partial charge in [-0.05, 0) is 42.8 Å². The van der Waals surface area contributed by atoms with E-state index in [4.69, 9.17) is 23.7 Å². The summed E-state index contributed by atoms with van der Waals surface area (Å²) >= 11 is 0. The Kier molecular flexibility index (Phi) is 6.31. The summed E-state index contributed by atoms with van der Waals surface area (Å²) in [5.74, 6) is 1.01. The maximum absolute atomic E-state index is 13.4. The summed E-state index contributed by atoms with van der Waals surface area (Å²) in [5.41, 5.74) is 3.95. The van der Waals surface area contributed by atoms with Crippen LogP contribution in [0.4, 0.5) is 11.6 Å². The molecular formula is C25H29N5O5. The molecule has 0 bridgehead atoms. The zero-order valence-electron chi connectivity index (χ0n) is 20.3. The van der Waals surface area contributed by atoms with Gasteiger partial charge in [-0.25, -0.2) is 4.98 Å². The quantitative estimate of drug-likeness (QED) is 0.400. The average Bonchev–Trinajstić information content (AvgIpc) is 3.29. The molecule has 2 aromatic carbocycles. The lowest BCUT2D eigenvalue weighted by Gasteiger charge is -2.29. The van der Waals surface area contributed by atoms with Crippen molar-refractivity contribution >= 4 is 33.5 Å². The van der Waals surface area contributed by atoms with Crippen LogP contribution >= 0.6 is 0 Å². The van der Waals surface area contributed by atoms with Crippen molar-refractivity contribution in [3.8, 4) is 5.88 Å². The molecule has 2 aromatic heterocycles. The molecule has 184 valence electrons. The van der Waals surface area contributed by atoms with E-state index in [1.165, 1.54) is 0 Å². The van der Waals surface area contributed by atoms with Crippen LogP contribution in [0.1, 0.15) is 24.1 Å². The van der Waals surface area contributed by atoms with Crippen LogP contribution < -0.4 is 20.5 Å². The summed E-state index contributed by atoms with van der Waals surface area (Å²) < 4.78 is 23.2. The average molecular weight is 480 g/mol. The van der Waals surface area contributed by atoms with Crippen molar-refractivity contribution in [2.45, 2.75) is 19.9 Å². The second-order valence-electron chi connectivity index (χ2n) is 8.71. The highest BCUT2D eigenvalue weighted by molar-refractivity contribution is 5.95. The summed E-state index contributed by atoms with van der Waals surface area (Å²) in [6.45, 7) is 6.71. The Bertz CT molecular complexity index is 1420. The zero-order valence-corrected chi connectivity index (χ0v) is 20.3. The van der Waals surface area contributed by atoms with Crippen molar-refractivity contribution in [3.05, 3.63) is 51.8 Å². The number of nitrogens with one attached hydrogen (secondary N) is 1. The van der Waals surface area contributed by atoms with Crippen LogP contribution in [0.15, 0.2) is 39.6 Å². The summed E-state index contributed by atoms with van der Waals surface area (Å²) in [7, 11) is 3.33. The van der Waals surface area contributed by atoms with E-state index in [1.54, 1.807) is 18.7 Å². The van der Waals surface area contributed by atoms with Crippen molar-refractivity contribution in [1.29, 1.82) is 0 Å². The van der Waals surface area contributed by atoms with E-state index in [0.29, 0.717) is 54.6 Å². The summed E-state index contributed by atoms with van der Waals surface area (Å²) in [6.07, 6.45) is 0. The molecule has 0 saturated carbocycles. The fourth-order valence-corrected chi connectivity index (χ4v) is 4.53. The third-order valence-corrected chi connectivity index (χ3v) is 6.24. The third-order valence-electron chi connectivity index (χ3n) is 6.24. The normalized spacial score (nSPS) is 15.0. The number of aryl methyl sites for hydroxylation is 1. The Morgan fingerprint density at radius 2 is 2.03 bits per heavy atom. The minimum atomic E-state index is -0.176. The Morgan fingerprint density at radius 3 is 2.80 bits per heavy atom. The summed E-state index contributed by atoms with van der Waals surface area (Å²) in [6, 6.07) is 9.47. The number of nitrogens with zero attached hydrogens (tertiary/aromatic N) is 4. The molecule has 0 amide bonds. The van der Waals surface area contributed by atoms with E-state index in [1.807, 2.05) is 38.1 Å². The first-order valence-electron chi connectivity index (χ1n) is 11.6. The number of ether oxygens (including phenoxy) is 3. The lowest BCUT2D eigenvalue weighted by molar-refractivity contribution is 0.0464. The van der Waals surface area contributed by atoms with Gasteiger partial charge in [0.15, 0.2) is 12.4 Å². The van der Waals surface area contributed by atoms with Gasteiger partial charge < -0.3 is 29.0 Å². The zero-order chi connectivity index (χ0) is 24.5. The van der Waals surface area contributed by atoms with Crippen molar-refractivity contribution in [2.75, 3.05) is 50.4 Å². The van der Waals surface area contributed by atoms with Gasteiger partial charge in [-0.1, -0.05) is 12.1 Å². The maximum atomic E-state index is 13.4. The molecule has 10 nitrogen and oxygen atoms in total. The molecule has 5 rings (SSSR count). The molecule has 10 heteroatoms. The van der Waals surface area contributed by atoms with Gasteiger partial charge in [0.05, 0.1) is 35.8 Å². The van der Waals surface area contributed by atoms with Crippen LogP contribution in [0.3, 0.4) is 0 Å². The highest BCUT2D eigenvalue weighted by Crippen LogP contribution is 2.35. The van der Waals surface area contributed by atoms with Gasteiger partial charge in [-0.3, -0.25) is 9.36 Å². The highest BCUT2D eigenvalue weighted by Gasteiger charge is 2.22. The molecule has 1 aliphatic heterocycles. The predicted octanol–water partition coefficient (Wildman–Crippen LogP) is 3.38. The van der Waals surface area contributed by atoms with Crippen molar-refractivity contribution in [3.63, 3.8) is 0 Å². The first-order chi connectivity index (χ1) is 17.0. The largest absolute Gasteiger partial charge is 0.448 e. The SMILES string of the molecule is COCOc1noc2cccc(N[C@H](C)c3cc(C)cc4c(=O)n(C)c(N5CCOCC5)nc34)c12. The molecule has 3 heterocycles. The van der Waals surface area contributed by atoms with E-state index in [2.05, 4.69) is 21.4 Å². The topological polar surface area (TPSA) is 104 Å². The molecule has 35 heavy (non-hydrogen) atoms. The van der Waals surface area contributed by atoms with Crippen LogP contribution in [0.2, 0.25) is 0 Å². The smallest absolute Gasteiger partial charge is 0.266 e. The number of methoxy groups -OCH3 is 1. The molecule has 0 radical (unpaired) electrons. The number of morpholine rings is 1. The molecule has 1 atom stereocenters. The van der Waals surface area contributed by atoms with Crippen LogP contribution in [0.5, 0.6) is 5.88 Å². The number of hydrogen-bond acceptors (Lipinski definition) is 9. The molecule has 1 N–H and O–H groups in total. The van der Waals surface area contributed by atoms with Gasteiger partial charge in [0.2, 0.25) is 5.95 Å². The first-order valence-corrected chi connectivity index (χ1v) is 11.6. The standard InChI is InChI=1S/C25H29N5O5/c1-15-12-17(16(2)26-19-6-5-7-20-21(19)23(28-35-20)34-14-32-4)22-18(13-15)24(31)29(3)25(27-22)30-8-10-33-11-9-30/h5-7,12-13,16,26H,8-11,14H2,1-4H3/t16-/m1/s1. The molecule has 1 saturated heterocycles. The van der Waals surface area contributed by atoms with Crippen molar-refractivity contribution < 1.29 is 18.7 Å². The number of fused-ring (bicyclic) bond motifs is 2. The van der Waals surface area contributed by atoms with E-state index in [0.717, 1.165) is 22.2 Å².